The predicted molar refractivity (Wildman–Crippen MR) is 113 cm³/mol. The van der Waals surface area contributed by atoms with Gasteiger partial charge in [0.15, 0.2) is 0 Å². The molecule has 1 fully saturated rings. The molecule has 0 spiro atoms. The molecule has 30 heavy (non-hydrogen) atoms. The van der Waals surface area contributed by atoms with E-state index in [0.29, 0.717) is 6.42 Å². The average molecular weight is 431 g/mol. The van der Waals surface area contributed by atoms with Crippen LogP contribution in [-0.2, 0) is 27.8 Å². The van der Waals surface area contributed by atoms with Gasteiger partial charge in [-0.1, -0.05) is 49.9 Å². The number of nitrogens with one attached hydrogen (secondary N) is 1. The SMILES string of the molecule is O=C(NC1CCCCCC1)C1Cc2ccccc2CN1S(=O)(=O)c1ccc(F)cc1. The highest BCUT2D eigenvalue weighted by Crippen LogP contribution is 2.30. The Labute approximate surface area is 177 Å². The predicted octanol–water partition coefficient (Wildman–Crippen LogP) is 3.78. The zero-order chi connectivity index (χ0) is 21.1. The normalized spacial score (nSPS) is 20.9. The van der Waals surface area contributed by atoms with E-state index in [4.69, 9.17) is 0 Å². The lowest BCUT2D eigenvalue weighted by Crippen LogP contribution is -2.54. The fraction of sp³-hybridized carbons (Fsp3) is 0.435. The molecule has 1 atom stereocenters. The molecular weight excluding hydrogens is 403 g/mol. The van der Waals surface area contributed by atoms with Crippen molar-refractivity contribution in [2.24, 2.45) is 0 Å². The van der Waals surface area contributed by atoms with E-state index in [-0.39, 0.29) is 23.4 Å². The van der Waals surface area contributed by atoms with Crippen LogP contribution < -0.4 is 5.32 Å². The van der Waals surface area contributed by atoms with E-state index in [1.165, 1.54) is 29.3 Å². The fourth-order valence-electron chi connectivity index (χ4n) is 4.44. The molecule has 2 aromatic rings. The number of benzene rings is 2. The molecule has 4 rings (SSSR count). The molecule has 0 aromatic heterocycles. The molecule has 1 aliphatic heterocycles. The molecule has 0 bridgehead atoms. The number of carbonyl (C=O) groups excluding carboxylic acids is 1. The van der Waals surface area contributed by atoms with Crippen molar-refractivity contribution in [1.82, 2.24) is 9.62 Å². The first-order valence-corrected chi connectivity index (χ1v) is 12.0. The van der Waals surface area contributed by atoms with E-state index >= 15 is 0 Å². The number of hydrogen-bond donors (Lipinski definition) is 1. The van der Waals surface area contributed by atoms with E-state index in [9.17, 15) is 17.6 Å². The highest BCUT2D eigenvalue weighted by Gasteiger charge is 2.40. The Kier molecular flexibility index (Phi) is 6.20. The van der Waals surface area contributed by atoms with Gasteiger partial charge in [0.25, 0.3) is 0 Å². The summed E-state index contributed by atoms with van der Waals surface area (Å²) in [5, 5.41) is 3.12. The van der Waals surface area contributed by atoms with E-state index < -0.39 is 21.9 Å². The summed E-state index contributed by atoms with van der Waals surface area (Å²) in [5.41, 5.74) is 1.88. The van der Waals surface area contributed by atoms with Gasteiger partial charge in [0, 0.05) is 12.6 Å². The van der Waals surface area contributed by atoms with Gasteiger partial charge < -0.3 is 5.32 Å². The van der Waals surface area contributed by atoms with Gasteiger partial charge in [0.2, 0.25) is 15.9 Å². The summed E-state index contributed by atoms with van der Waals surface area (Å²) in [6.07, 6.45) is 6.70. The van der Waals surface area contributed by atoms with Gasteiger partial charge in [-0.25, -0.2) is 12.8 Å². The van der Waals surface area contributed by atoms with E-state index in [2.05, 4.69) is 5.32 Å². The van der Waals surface area contributed by atoms with Crippen LogP contribution in [0.25, 0.3) is 0 Å². The third-order valence-corrected chi connectivity index (χ3v) is 8.00. The van der Waals surface area contributed by atoms with Crippen LogP contribution in [0.3, 0.4) is 0 Å². The summed E-state index contributed by atoms with van der Waals surface area (Å²) in [6, 6.07) is 11.7. The van der Waals surface area contributed by atoms with Crippen molar-refractivity contribution in [2.75, 3.05) is 0 Å². The lowest BCUT2D eigenvalue weighted by atomic mass is 9.95. The minimum Gasteiger partial charge on any atom is -0.352 e. The zero-order valence-corrected chi connectivity index (χ0v) is 17.7. The molecule has 1 aliphatic carbocycles. The number of carbonyl (C=O) groups is 1. The monoisotopic (exact) mass is 430 g/mol. The van der Waals surface area contributed by atoms with Crippen LogP contribution in [0.15, 0.2) is 53.4 Å². The molecule has 1 N–H and O–H groups in total. The molecule has 2 aliphatic rings. The zero-order valence-electron chi connectivity index (χ0n) is 16.9. The first-order valence-electron chi connectivity index (χ1n) is 10.6. The Hall–Kier alpha value is -2.25. The second-order valence-corrected chi connectivity index (χ2v) is 10.1. The number of amides is 1. The van der Waals surface area contributed by atoms with Gasteiger partial charge in [0.05, 0.1) is 4.90 Å². The summed E-state index contributed by atoms with van der Waals surface area (Å²) < 4.78 is 41.4. The van der Waals surface area contributed by atoms with E-state index in [0.717, 1.165) is 48.9 Å². The molecule has 1 amide bonds. The van der Waals surface area contributed by atoms with Crippen molar-refractivity contribution in [3.8, 4) is 0 Å². The molecule has 0 saturated heterocycles. The second kappa shape index (κ2) is 8.86. The molecule has 0 radical (unpaired) electrons. The minimum atomic E-state index is -3.96. The summed E-state index contributed by atoms with van der Waals surface area (Å²) in [5.74, 6) is -0.748. The summed E-state index contributed by atoms with van der Waals surface area (Å²) in [7, 11) is -3.96. The lowest BCUT2D eigenvalue weighted by molar-refractivity contribution is -0.126. The van der Waals surface area contributed by atoms with Crippen LogP contribution in [0.2, 0.25) is 0 Å². The summed E-state index contributed by atoms with van der Waals surface area (Å²) in [6.45, 7) is 0.124. The van der Waals surface area contributed by atoms with Crippen LogP contribution in [-0.4, -0.2) is 30.7 Å². The van der Waals surface area contributed by atoms with Gasteiger partial charge in [-0.3, -0.25) is 4.79 Å². The van der Waals surface area contributed by atoms with Gasteiger partial charge >= 0.3 is 0 Å². The maximum Gasteiger partial charge on any atom is 0.244 e. The molecule has 1 heterocycles. The molecular formula is C23H27FN2O3S. The van der Waals surface area contributed by atoms with E-state index in [1.807, 2.05) is 24.3 Å². The Balaban J connectivity index is 1.64. The highest BCUT2D eigenvalue weighted by molar-refractivity contribution is 7.89. The summed E-state index contributed by atoms with van der Waals surface area (Å²) in [4.78, 5) is 13.2. The Morgan fingerprint density at radius 3 is 2.23 bits per heavy atom. The Morgan fingerprint density at radius 1 is 0.933 bits per heavy atom. The van der Waals surface area contributed by atoms with Crippen LogP contribution in [0, 0.1) is 5.82 Å². The molecule has 2 aromatic carbocycles. The molecule has 160 valence electrons. The Morgan fingerprint density at radius 2 is 1.57 bits per heavy atom. The van der Waals surface area contributed by atoms with Crippen molar-refractivity contribution in [3.05, 3.63) is 65.5 Å². The Bertz CT molecular complexity index is 999. The number of fused-ring (bicyclic) bond motifs is 1. The first-order chi connectivity index (χ1) is 14.4. The van der Waals surface area contributed by atoms with Gasteiger partial charge in [0.1, 0.15) is 11.9 Å². The average Bonchev–Trinajstić information content (AvgIpc) is 3.01. The van der Waals surface area contributed by atoms with Gasteiger partial charge in [-0.15, -0.1) is 0 Å². The van der Waals surface area contributed by atoms with Crippen molar-refractivity contribution in [3.63, 3.8) is 0 Å². The largest absolute Gasteiger partial charge is 0.352 e. The smallest absolute Gasteiger partial charge is 0.244 e. The van der Waals surface area contributed by atoms with Gasteiger partial charge in [-0.2, -0.15) is 4.31 Å². The molecule has 5 nitrogen and oxygen atoms in total. The quantitative estimate of drug-likeness (QED) is 0.751. The van der Waals surface area contributed by atoms with E-state index in [1.54, 1.807) is 0 Å². The number of hydrogen-bond acceptors (Lipinski definition) is 3. The molecule has 1 saturated carbocycles. The van der Waals surface area contributed by atoms with Crippen LogP contribution in [0.5, 0.6) is 0 Å². The highest BCUT2D eigenvalue weighted by atomic mass is 32.2. The maximum atomic E-state index is 13.4. The number of sulfonamides is 1. The lowest BCUT2D eigenvalue weighted by Gasteiger charge is -2.35. The van der Waals surface area contributed by atoms with Crippen molar-refractivity contribution in [2.45, 2.75) is 68.5 Å². The number of halogens is 1. The second-order valence-electron chi connectivity index (χ2n) is 8.19. The van der Waals surface area contributed by atoms with Crippen LogP contribution in [0.1, 0.15) is 49.7 Å². The van der Waals surface area contributed by atoms with Crippen molar-refractivity contribution in [1.29, 1.82) is 0 Å². The molecule has 7 heteroatoms. The standard InChI is InChI=1S/C23H27FN2O3S/c24-19-11-13-21(14-12-19)30(28,29)26-16-18-8-6-5-7-17(18)15-22(26)23(27)25-20-9-3-1-2-4-10-20/h5-8,11-14,20,22H,1-4,9-10,15-16H2,(H,25,27). The van der Waals surface area contributed by atoms with Gasteiger partial charge in [-0.05, 0) is 54.7 Å². The van der Waals surface area contributed by atoms with Crippen LogP contribution >= 0.6 is 0 Å². The third-order valence-electron chi connectivity index (χ3n) is 6.13. The topological polar surface area (TPSA) is 66.5 Å². The maximum absolute atomic E-state index is 13.4. The van der Waals surface area contributed by atoms with Crippen molar-refractivity contribution >= 4 is 15.9 Å². The number of rotatable bonds is 4. The van der Waals surface area contributed by atoms with Crippen LogP contribution in [0.4, 0.5) is 4.39 Å². The number of nitrogens with zero attached hydrogens (tertiary/aromatic N) is 1. The fourth-order valence-corrected chi connectivity index (χ4v) is 6.00. The summed E-state index contributed by atoms with van der Waals surface area (Å²) >= 11 is 0. The molecule has 1 unspecified atom stereocenters. The third kappa shape index (κ3) is 4.42. The minimum absolute atomic E-state index is 0.00412. The first kappa shape index (κ1) is 21.0. The van der Waals surface area contributed by atoms with Crippen molar-refractivity contribution < 1.29 is 17.6 Å².